The fourth-order valence-electron chi connectivity index (χ4n) is 2.86. The summed E-state index contributed by atoms with van der Waals surface area (Å²) < 4.78 is 5.47. The molecule has 1 unspecified atom stereocenters. The van der Waals surface area contributed by atoms with E-state index in [9.17, 15) is 19.2 Å². The van der Waals surface area contributed by atoms with E-state index in [1.54, 1.807) is 0 Å². The summed E-state index contributed by atoms with van der Waals surface area (Å²) in [5.74, 6) is -1.91. The van der Waals surface area contributed by atoms with Gasteiger partial charge in [0.05, 0.1) is 25.4 Å². The van der Waals surface area contributed by atoms with E-state index in [0.29, 0.717) is 6.61 Å². The molecule has 2 aromatic rings. The van der Waals surface area contributed by atoms with Crippen molar-refractivity contribution >= 4 is 36.3 Å². The van der Waals surface area contributed by atoms with Crippen molar-refractivity contribution in [1.29, 1.82) is 0 Å². The quantitative estimate of drug-likeness (QED) is 0.161. The molecule has 0 radical (unpaired) electrons. The maximum Gasteiger partial charge on any atom is 0.242 e. The Kier molecular flexibility index (Phi) is 11.6. The Labute approximate surface area is 204 Å². The molecular weight excluding hydrogens is 456 g/mol. The minimum absolute atomic E-state index is 0.00238. The zero-order valence-corrected chi connectivity index (χ0v) is 19.9. The third-order valence-electron chi connectivity index (χ3n) is 4.70. The topological polar surface area (TPSA) is 126 Å². The third-order valence-corrected chi connectivity index (χ3v) is 4.99. The van der Waals surface area contributed by atoms with Gasteiger partial charge in [0.25, 0.3) is 0 Å². The molecule has 182 valence electrons. The van der Waals surface area contributed by atoms with Crippen LogP contribution in [0.3, 0.4) is 0 Å². The van der Waals surface area contributed by atoms with Crippen molar-refractivity contribution in [2.24, 2.45) is 0 Å². The lowest BCUT2D eigenvalue weighted by molar-refractivity contribution is -0.130. The molecule has 34 heavy (non-hydrogen) atoms. The van der Waals surface area contributed by atoms with Gasteiger partial charge in [0, 0.05) is 0 Å². The summed E-state index contributed by atoms with van der Waals surface area (Å²) in [5, 5.41) is 9.75. The van der Waals surface area contributed by atoms with E-state index in [4.69, 9.17) is 4.74 Å². The second-order valence-electron chi connectivity index (χ2n) is 7.51. The van der Waals surface area contributed by atoms with Crippen molar-refractivity contribution in [3.63, 3.8) is 0 Å². The second kappa shape index (κ2) is 14.7. The highest BCUT2D eigenvalue weighted by Gasteiger charge is 2.16. The Morgan fingerprint density at radius 1 is 0.794 bits per heavy atom. The van der Waals surface area contributed by atoms with Crippen LogP contribution in [0.4, 0.5) is 0 Å². The fraction of sp³-hybridized carbons (Fsp3) is 0.333. The first kappa shape index (κ1) is 26.9. The number of ether oxygens (including phenoxy) is 1. The van der Waals surface area contributed by atoms with Gasteiger partial charge in [0.1, 0.15) is 12.8 Å². The summed E-state index contributed by atoms with van der Waals surface area (Å²) in [5.41, 5.74) is 3.43. The molecule has 0 heterocycles. The van der Waals surface area contributed by atoms with Gasteiger partial charge in [-0.2, -0.15) is 12.6 Å². The Balaban J connectivity index is 1.59. The maximum atomic E-state index is 12.0. The van der Waals surface area contributed by atoms with E-state index >= 15 is 0 Å². The molecule has 4 amide bonds. The van der Waals surface area contributed by atoms with Crippen LogP contribution >= 0.6 is 12.6 Å². The Morgan fingerprint density at radius 2 is 1.41 bits per heavy atom. The molecule has 1 atom stereocenters. The normalized spacial score (nSPS) is 11.2. The average molecular weight is 487 g/mol. The van der Waals surface area contributed by atoms with E-state index < -0.39 is 29.7 Å². The van der Waals surface area contributed by atoms with Gasteiger partial charge in [-0.05, 0) is 30.0 Å². The SMILES string of the molecule is CC(NC(=O)CNC(=O)CS)C(=O)NCC(=O)NCOCc1ccc(Cc2ccccc2)cc1. The van der Waals surface area contributed by atoms with E-state index in [1.165, 1.54) is 18.1 Å². The lowest BCUT2D eigenvalue weighted by atomic mass is 10.0. The molecule has 2 aromatic carbocycles. The van der Waals surface area contributed by atoms with Gasteiger partial charge in [-0.15, -0.1) is 0 Å². The third kappa shape index (κ3) is 10.5. The zero-order chi connectivity index (χ0) is 24.8. The molecule has 0 aromatic heterocycles. The number of rotatable bonds is 13. The molecule has 9 nitrogen and oxygen atoms in total. The van der Waals surface area contributed by atoms with Crippen LogP contribution < -0.4 is 21.3 Å². The molecule has 0 bridgehead atoms. The van der Waals surface area contributed by atoms with Gasteiger partial charge in [0.15, 0.2) is 0 Å². The number of nitrogens with one attached hydrogen (secondary N) is 4. The van der Waals surface area contributed by atoms with Gasteiger partial charge < -0.3 is 26.0 Å². The maximum absolute atomic E-state index is 12.0. The summed E-state index contributed by atoms with van der Waals surface area (Å²) >= 11 is 3.78. The smallest absolute Gasteiger partial charge is 0.242 e. The van der Waals surface area contributed by atoms with Crippen molar-refractivity contribution < 1.29 is 23.9 Å². The molecule has 10 heteroatoms. The largest absolute Gasteiger partial charge is 0.357 e. The van der Waals surface area contributed by atoms with Gasteiger partial charge in [0.2, 0.25) is 23.6 Å². The van der Waals surface area contributed by atoms with Crippen molar-refractivity contribution in [2.45, 2.75) is 26.0 Å². The van der Waals surface area contributed by atoms with Crippen molar-refractivity contribution in [1.82, 2.24) is 21.3 Å². The highest BCUT2D eigenvalue weighted by molar-refractivity contribution is 7.81. The van der Waals surface area contributed by atoms with Gasteiger partial charge in [-0.1, -0.05) is 54.6 Å². The van der Waals surface area contributed by atoms with Gasteiger partial charge >= 0.3 is 0 Å². The van der Waals surface area contributed by atoms with Crippen molar-refractivity contribution in [2.75, 3.05) is 25.6 Å². The minimum Gasteiger partial charge on any atom is -0.357 e. The Morgan fingerprint density at radius 3 is 2.09 bits per heavy atom. The summed E-state index contributed by atoms with van der Waals surface area (Å²) in [6, 6.07) is 17.4. The molecule has 0 saturated heterocycles. The molecule has 0 spiro atoms. The van der Waals surface area contributed by atoms with E-state index in [2.05, 4.69) is 46.0 Å². The first-order valence-electron chi connectivity index (χ1n) is 10.8. The van der Waals surface area contributed by atoms with Crippen LogP contribution in [-0.2, 0) is 36.9 Å². The van der Waals surface area contributed by atoms with Crippen LogP contribution in [0.1, 0.15) is 23.6 Å². The lowest BCUT2D eigenvalue weighted by Gasteiger charge is -2.14. The second-order valence-corrected chi connectivity index (χ2v) is 7.83. The number of amides is 4. The van der Waals surface area contributed by atoms with E-state index in [-0.39, 0.29) is 25.6 Å². The summed E-state index contributed by atoms with van der Waals surface area (Å²) in [6.45, 7) is 1.29. The zero-order valence-electron chi connectivity index (χ0n) is 19.0. The molecule has 4 N–H and O–H groups in total. The number of benzene rings is 2. The molecule has 0 aliphatic carbocycles. The lowest BCUT2D eigenvalue weighted by Crippen LogP contribution is -2.49. The highest BCUT2D eigenvalue weighted by Crippen LogP contribution is 2.11. The van der Waals surface area contributed by atoms with E-state index in [1.807, 2.05) is 42.5 Å². The summed E-state index contributed by atoms with van der Waals surface area (Å²) in [4.78, 5) is 46.6. The Bertz CT molecular complexity index is 954. The van der Waals surface area contributed by atoms with Crippen LogP contribution in [0, 0.1) is 0 Å². The average Bonchev–Trinajstić information content (AvgIpc) is 2.85. The van der Waals surface area contributed by atoms with Gasteiger partial charge in [-0.3, -0.25) is 19.2 Å². The van der Waals surface area contributed by atoms with Crippen LogP contribution in [-0.4, -0.2) is 55.2 Å². The van der Waals surface area contributed by atoms with Crippen LogP contribution in [0.2, 0.25) is 0 Å². The fourth-order valence-corrected chi connectivity index (χ4v) is 2.97. The molecule has 0 fully saturated rings. The number of thiol groups is 1. The van der Waals surface area contributed by atoms with E-state index in [0.717, 1.165) is 12.0 Å². The van der Waals surface area contributed by atoms with Crippen molar-refractivity contribution in [3.05, 3.63) is 71.3 Å². The summed E-state index contributed by atoms with van der Waals surface area (Å²) in [7, 11) is 0. The predicted octanol–water partition coefficient (Wildman–Crippen LogP) is 0.535. The first-order valence-corrected chi connectivity index (χ1v) is 11.4. The van der Waals surface area contributed by atoms with Crippen LogP contribution in [0.25, 0.3) is 0 Å². The van der Waals surface area contributed by atoms with Gasteiger partial charge in [-0.25, -0.2) is 0 Å². The molecule has 0 aliphatic heterocycles. The number of hydrogen-bond acceptors (Lipinski definition) is 6. The highest BCUT2D eigenvalue weighted by atomic mass is 32.1. The summed E-state index contributed by atoms with van der Waals surface area (Å²) in [6.07, 6.45) is 0.860. The molecule has 0 aliphatic rings. The molecular formula is C24H30N4O5S. The molecule has 0 saturated carbocycles. The number of carbonyl (C=O) groups excluding carboxylic acids is 4. The number of hydrogen-bond donors (Lipinski definition) is 5. The van der Waals surface area contributed by atoms with Crippen LogP contribution in [0.5, 0.6) is 0 Å². The minimum atomic E-state index is -0.866. The monoisotopic (exact) mass is 486 g/mol. The van der Waals surface area contributed by atoms with Crippen molar-refractivity contribution in [3.8, 4) is 0 Å². The number of carbonyl (C=O) groups is 4. The van der Waals surface area contributed by atoms with Crippen LogP contribution in [0.15, 0.2) is 54.6 Å². The molecule has 2 rings (SSSR count). The first-order chi connectivity index (χ1) is 16.4. The standard InChI is InChI=1S/C24H30N4O5S/c1-17(28-22(30)13-25-23(31)15-34)24(32)26-12-21(29)27-16-33-14-20-9-7-19(8-10-20)11-18-5-3-2-4-6-18/h2-10,17,34H,11-16H2,1H3,(H,25,31)(H,26,32)(H,27,29)(H,28,30). The Hall–Kier alpha value is -3.37. The predicted molar refractivity (Wildman–Crippen MR) is 131 cm³/mol.